The van der Waals surface area contributed by atoms with Gasteiger partial charge in [-0.25, -0.2) is 9.78 Å². The molecule has 1 aromatic carbocycles. The molecule has 0 saturated heterocycles. The molecule has 0 aliphatic carbocycles. The third kappa shape index (κ3) is 3.93. The largest absolute Gasteiger partial charge is 0.478 e. The zero-order chi connectivity index (χ0) is 18.9. The lowest BCUT2D eigenvalue weighted by atomic mass is 10.1. The summed E-state index contributed by atoms with van der Waals surface area (Å²) in [5.74, 6) is -1.14. The van der Waals surface area contributed by atoms with Crippen LogP contribution in [0.1, 0.15) is 16.8 Å². The summed E-state index contributed by atoms with van der Waals surface area (Å²) in [7, 11) is 1.49. The second-order valence-corrected chi connectivity index (χ2v) is 6.64. The van der Waals surface area contributed by atoms with E-state index in [-0.39, 0.29) is 17.8 Å². The number of halogens is 3. The highest BCUT2D eigenvalue weighted by Gasteiger charge is 2.28. The van der Waals surface area contributed by atoms with Crippen molar-refractivity contribution in [3.8, 4) is 11.3 Å². The Hall–Kier alpha value is -2.68. The van der Waals surface area contributed by atoms with E-state index in [0.29, 0.717) is 15.5 Å². The third-order valence-electron chi connectivity index (χ3n) is 3.71. The lowest BCUT2D eigenvalue weighted by Crippen LogP contribution is -2.23. The van der Waals surface area contributed by atoms with Crippen LogP contribution in [0.3, 0.4) is 0 Å². The molecule has 5 nitrogen and oxygen atoms in total. The van der Waals surface area contributed by atoms with Gasteiger partial charge in [0, 0.05) is 19.2 Å². The molecule has 0 fully saturated rings. The number of rotatable bonds is 5. The molecule has 0 atom stereocenters. The number of thiazole rings is 1. The van der Waals surface area contributed by atoms with Gasteiger partial charge >= 0.3 is 12.1 Å². The van der Waals surface area contributed by atoms with E-state index >= 15 is 0 Å². The second kappa shape index (κ2) is 6.91. The van der Waals surface area contributed by atoms with E-state index in [9.17, 15) is 23.1 Å². The monoisotopic (exact) mass is 381 g/mol. The fourth-order valence-corrected chi connectivity index (χ4v) is 3.37. The zero-order valence-electron chi connectivity index (χ0n) is 13.6. The molecule has 0 bridgehead atoms. The van der Waals surface area contributed by atoms with Crippen LogP contribution in [0.25, 0.3) is 21.6 Å². The van der Waals surface area contributed by atoms with Gasteiger partial charge in [-0.2, -0.15) is 18.2 Å². The maximum absolute atomic E-state index is 12.4. The number of pyridine rings is 1. The molecule has 0 unspecified atom stereocenters. The Morgan fingerprint density at radius 3 is 2.54 bits per heavy atom. The molecule has 0 radical (unpaired) electrons. The number of hydrogen-bond donors (Lipinski definition) is 1. The molecule has 2 aromatic heterocycles. The van der Waals surface area contributed by atoms with Crippen molar-refractivity contribution in [1.82, 2.24) is 9.97 Å². The Kier molecular flexibility index (Phi) is 4.82. The van der Waals surface area contributed by atoms with Gasteiger partial charge in [0.25, 0.3) is 0 Å². The summed E-state index contributed by atoms with van der Waals surface area (Å²) in [6, 6.07) is 10.5. The first kappa shape index (κ1) is 18.1. The van der Waals surface area contributed by atoms with Crippen LogP contribution in [0, 0.1) is 0 Å². The van der Waals surface area contributed by atoms with Crippen LogP contribution in [-0.4, -0.2) is 40.8 Å². The molecule has 0 aliphatic rings. The predicted molar refractivity (Wildman–Crippen MR) is 93.8 cm³/mol. The van der Waals surface area contributed by atoms with Crippen molar-refractivity contribution in [3.05, 3.63) is 42.0 Å². The van der Waals surface area contributed by atoms with Crippen molar-refractivity contribution in [2.45, 2.75) is 12.6 Å². The van der Waals surface area contributed by atoms with E-state index in [4.69, 9.17) is 0 Å². The van der Waals surface area contributed by atoms with Crippen LogP contribution in [0.5, 0.6) is 0 Å². The summed E-state index contributed by atoms with van der Waals surface area (Å²) in [5, 5.41) is 9.80. The second-order valence-electron chi connectivity index (χ2n) is 5.66. The highest BCUT2D eigenvalue weighted by atomic mass is 32.1. The number of carboxylic acid groups (broad SMARTS) is 1. The average molecular weight is 381 g/mol. The van der Waals surface area contributed by atoms with Crippen LogP contribution >= 0.6 is 11.3 Å². The van der Waals surface area contributed by atoms with E-state index in [1.54, 1.807) is 24.3 Å². The Morgan fingerprint density at radius 1 is 1.23 bits per heavy atom. The highest BCUT2D eigenvalue weighted by Crippen LogP contribution is 2.33. The van der Waals surface area contributed by atoms with Crippen molar-refractivity contribution in [1.29, 1.82) is 0 Å². The summed E-state index contributed by atoms with van der Waals surface area (Å²) in [6.45, 7) is -0.267. The van der Waals surface area contributed by atoms with E-state index in [0.717, 1.165) is 16.9 Å². The van der Waals surface area contributed by atoms with Gasteiger partial charge in [0.05, 0.1) is 22.4 Å². The Balaban J connectivity index is 2.02. The average Bonchev–Trinajstić information content (AvgIpc) is 3.02. The van der Waals surface area contributed by atoms with Gasteiger partial charge in [-0.3, -0.25) is 0 Å². The lowest BCUT2D eigenvalue weighted by molar-refractivity contribution is -0.132. The summed E-state index contributed by atoms with van der Waals surface area (Å²) in [6.07, 6.45) is -5.25. The van der Waals surface area contributed by atoms with Crippen molar-refractivity contribution in [3.63, 3.8) is 0 Å². The Morgan fingerprint density at radius 2 is 1.92 bits per heavy atom. The van der Waals surface area contributed by atoms with Gasteiger partial charge in [0.15, 0.2) is 10.8 Å². The first-order chi connectivity index (χ1) is 12.2. The van der Waals surface area contributed by atoms with Gasteiger partial charge in [-0.15, -0.1) is 0 Å². The third-order valence-corrected chi connectivity index (χ3v) is 4.90. The molecule has 2 heterocycles. The Labute approximate surface area is 150 Å². The molecule has 0 spiro atoms. The molecular formula is C17H14F3N3O2S. The van der Waals surface area contributed by atoms with Crippen LogP contribution in [0.2, 0.25) is 0 Å². The molecule has 3 rings (SSSR count). The van der Waals surface area contributed by atoms with E-state index in [1.165, 1.54) is 18.0 Å². The number of hydrogen-bond acceptors (Lipinski definition) is 5. The molecule has 9 heteroatoms. The van der Waals surface area contributed by atoms with Gasteiger partial charge in [0.1, 0.15) is 0 Å². The summed E-state index contributed by atoms with van der Waals surface area (Å²) < 4.78 is 37.6. The standard InChI is InChI=1S/C17H14F3N3O2S/c1-23(8-7-17(18,19)20)16-22-14-13(26-16)11(15(24)25)9-12(21-14)10-5-3-2-4-6-10/h2-6,9H,7-8H2,1H3,(H,24,25). The van der Waals surface area contributed by atoms with Gasteiger partial charge in [0.2, 0.25) is 0 Å². The summed E-state index contributed by atoms with van der Waals surface area (Å²) in [5.41, 5.74) is 1.42. The molecule has 0 aliphatic heterocycles. The zero-order valence-corrected chi connectivity index (χ0v) is 14.4. The minimum atomic E-state index is -4.27. The first-order valence-electron chi connectivity index (χ1n) is 7.63. The number of nitrogens with zero attached hydrogens (tertiary/aromatic N) is 3. The van der Waals surface area contributed by atoms with Crippen LogP contribution < -0.4 is 4.90 Å². The number of aromatic nitrogens is 2. The van der Waals surface area contributed by atoms with Crippen molar-refractivity contribution < 1.29 is 23.1 Å². The number of aromatic carboxylic acids is 1. The smallest absolute Gasteiger partial charge is 0.390 e. The van der Waals surface area contributed by atoms with Crippen molar-refractivity contribution in [2.24, 2.45) is 0 Å². The summed E-state index contributed by atoms with van der Waals surface area (Å²) >= 11 is 1.02. The number of anilines is 1. The number of carboxylic acids is 1. The molecular weight excluding hydrogens is 367 g/mol. The number of fused-ring (bicyclic) bond motifs is 1. The molecule has 0 saturated carbocycles. The molecule has 1 N–H and O–H groups in total. The van der Waals surface area contributed by atoms with Crippen LogP contribution in [0.15, 0.2) is 36.4 Å². The lowest BCUT2D eigenvalue weighted by Gasteiger charge is -2.16. The molecule has 3 aromatic rings. The SMILES string of the molecule is CN(CCC(F)(F)F)c1nc2nc(-c3ccccc3)cc(C(=O)O)c2s1. The van der Waals surface area contributed by atoms with Crippen LogP contribution in [0.4, 0.5) is 18.3 Å². The minimum absolute atomic E-state index is 0.0295. The summed E-state index contributed by atoms with van der Waals surface area (Å²) in [4.78, 5) is 21.6. The van der Waals surface area contributed by atoms with E-state index < -0.39 is 18.6 Å². The Bertz CT molecular complexity index is 942. The fraction of sp³-hybridized carbons (Fsp3) is 0.235. The van der Waals surface area contributed by atoms with E-state index in [2.05, 4.69) is 9.97 Å². The fourth-order valence-electron chi connectivity index (χ4n) is 2.37. The van der Waals surface area contributed by atoms with Crippen molar-refractivity contribution in [2.75, 3.05) is 18.5 Å². The first-order valence-corrected chi connectivity index (χ1v) is 8.44. The maximum atomic E-state index is 12.4. The quantitative estimate of drug-likeness (QED) is 0.708. The van der Waals surface area contributed by atoms with Crippen molar-refractivity contribution >= 4 is 32.8 Å². The van der Waals surface area contributed by atoms with Gasteiger partial charge in [-0.1, -0.05) is 41.7 Å². The molecule has 0 amide bonds. The molecule has 136 valence electrons. The minimum Gasteiger partial charge on any atom is -0.478 e. The number of benzene rings is 1. The highest BCUT2D eigenvalue weighted by molar-refractivity contribution is 7.22. The van der Waals surface area contributed by atoms with E-state index in [1.807, 2.05) is 6.07 Å². The maximum Gasteiger partial charge on any atom is 0.390 e. The predicted octanol–water partition coefficient (Wildman–Crippen LogP) is 4.45. The topological polar surface area (TPSA) is 66.3 Å². The van der Waals surface area contributed by atoms with Gasteiger partial charge < -0.3 is 10.0 Å². The molecule has 26 heavy (non-hydrogen) atoms. The number of carbonyl (C=O) groups is 1. The normalized spacial score (nSPS) is 11.7. The number of alkyl halides is 3. The van der Waals surface area contributed by atoms with Crippen LogP contribution in [-0.2, 0) is 0 Å². The van der Waals surface area contributed by atoms with Gasteiger partial charge in [-0.05, 0) is 6.07 Å².